The standard InChI is InChI=1S/C39H47NO9SSi/c1-25-19-21-27(22-20-25)50-39(35(42)44-8)23-30-32(40(26(2)41)36(43)46-30)34(49-39)33-31(47-38(6,7)48-33)24-45-51(37(3,4)5,28-15-11-9-12-16-28)29-17-13-10-14-18-29/h9-22,30-34H,23-24H2,1-8H3/t30-,31-,32?,33-,34-,39?/m1/s1. The van der Waals surface area contributed by atoms with Crippen LogP contribution < -0.4 is 10.4 Å². The average Bonchev–Trinajstić information content (AvgIpc) is 3.59. The summed E-state index contributed by atoms with van der Waals surface area (Å²) in [6, 6.07) is 27.3. The molecular weight excluding hydrogens is 687 g/mol. The Morgan fingerprint density at radius 2 is 1.49 bits per heavy atom. The third-order valence-corrected chi connectivity index (χ3v) is 16.1. The maximum Gasteiger partial charge on any atom is 0.417 e. The van der Waals surface area contributed by atoms with Crippen LogP contribution in [0.1, 0.15) is 53.5 Å². The van der Waals surface area contributed by atoms with Gasteiger partial charge in [0.05, 0.1) is 13.7 Å². The molecule has 0 saturated carbocycles. The van der Waals surface area contributed by atoms with Crippen molar-refractivity contribution in [1.82, 2.24) is 4.90 Å². The van der Waals surface area contributed by atoms with Gasteiger partial charge in [-0.1, -0.05) is 111 Å². The van der Waals surface area contributed by atoms with Gasteiger partial charge < -0.3 is 28.1 Å². The molecule has 0 N–H and O–H groups in total. The van der Waals surface area contributed by atoms with Gasteiger partial charge in [0.25, 0.3) is 8.32 Å². The van der Waals surface area contributed by atoms with E-state index in [2.05, 4.69) is 45.0 Å². The lowest BCUT2D eigenvalue weighted by atomic mass is 9.89. The number of thioether (sulfide) groups is 1. The summed E-state index contributed by atoms with van der Waals surface area (Å²) in [5.74, 6) is -2.24. The molecule has 3 fully saturated rings. The average molecular weight is 734 g/mol. The van der Waals surface area contributed by atoms with Crippen molar-refractivity contribution in [3.8, 4) is 0 Å². The second-order valence-corrected chi connectivity index (χ2v) is 20.5. The molecule has 3 aliphatic heterocycles. The summed E-state index contributed by atoms with van der Waals surface area (Å²) in [5.41, 5.74) is 1.05. The lowest BCUT2D eigenvalue weighted by Gasteiger charge is -2.47. The highest BCUT2D eigenvalue weighted by atomic mass is 32.2. The molecule has 10 nitrogen and oxygen atoms in total. The lowest BCUT2D eigenvalue weighted by molar-refractivity contribution is -0.207. The van der Waals surface area contributed by atoms with Crippen LogP contribution in [-0.4, -0.2) is 86.1 Å². The number of hydrogen-bond acceptors (Lipinski definition) is 10. The number of benzene rings is 3. The molecule has 51 heavy (non-hydrogen) atoms. The number of imide groups is 1. The number of fused-ring (bicyclic) bond motifs is 1. The Hall–Kier alpha value is -3.52. The molecule has 2 amide bonds. The van der Waals surface area contributed by atoms with E-state index >= 15 is 0 Å². The number of amides is 2. The van der Waals surface area contributed by atoms with E-state index in [0.717, 1.165) is 25.7 Å². The fraction of sp³-hybridized carbons (Fsp3) is 0.462. The van der Waals surface area contributed by atoms with E-state index in [0.29, 0.717) is 0 Å². The van der Waals surface area contributed by atoms with Crippen LogP contribution in [0.25, 0.3) is 0 Å². The van der Waals surface area contributed by atoms with Gasteiger partial charge in [-0.3, -0.25) is 4.79 Å². The van der Waals surface area contributed by atoms with E-state index in [1.54, 1.807) is 13.8 Å². The van der Waals surface area contributed by atoms with Crippen LogP contribution in [0.2, 0.25) is 5.04 Å². The van der Waals surface area contributed by atoms with E-state index in [4.69, 9.17) is 28.1 Å². The minimum atomic E-state index is -3.02. The zero-order valence-corrected chi connectivity index (χ0v) is 32.2. The first kappa shape index (κ1) is 37.2. The number of esters is 1. The van der Waals surface area contributed by atoms with Gasteiger partial charge in [-0.15, -0.1) is 0 Å². The van der Waals surface area contributed by atoms with Gasteiger partial charge in [-0.25, -0.2) is 14.5 Å². The quantitative estimate of drug-likeness (QED) is 0.204. The number of nitrogens with zero attached hydrogens (tertiary/aromatic N) is 1. The summed E-state index contributed by atoms with van der Waals surface area (Å²) in [6.45, 7) is 13.6. The second-order valence-electron chi connectivity index (χ2n) is 14.9. The Morgan fingerprint density at radius 3 is 2.02 bits per heavy atom. The van der Waals surface area contributed by atoms with Crippen molar-refractivity contribution < 1.29 is 42.5 Å². The molecule has 0 radical (unpaired) electrons. The number of rotatable bonds is 9. The molecular formula is C39H47NO9SSi. The monoisotopic (exact) mass is 733 g/mol. The largest absolute Gasteiger partial charge is 0.466 e. The van der Waals surface area contributed by atoms with E-state index in [1.165, 1.54) is 25.8 Å². The fourth-order valence-electron chi connectivity index (χ4n) is 7.70. The molecule has 3 aromatic rings. The van der Waals surface area contributed by atoms with Gasteiger partial charge in [-0.2, -0.15) is 0 Å². The highest BCUT2D eigenvalue weighted by molar-refractivity contribution is 8.01. The molecule has 0 aromatic heterocycles. The lowest BCUT2D eigenvalue weighted by Crippen LogP contribution is -2.68. The summed E-state index contributed by atoms with van der Waals surface area (Å²) in [6.07, 6.45) is -4.40. The molecule has 2 unspecified atom stereocenters. The van der Waals surface area contributed by atoms with Crippen molar-refractivity contribution in [1.29, 1.82) is 0 Å². The first-order chi connectivity index (χ1) is 24.1. The maximum atomic E-state index is 13.8. The first-order valence-electron chi connectivity index (χ1n) is 17.2. The number of hydrogen-bond donors (Lipinski definition) is 0. The normalized spacial score (nSPS) is 27.5. The van der Waals surface area contributed by atoms with E-state index in [9.17, 15) is 14.4 Å². The molecule has 6 rings (SSSR count). The number of carbonyl (C=O) groups excluding carboxylic acids is 3. The van der Waals surface area contributed by atoms with Gasteiger partial charge in [0.15, 0.2) is 5.79 Å². The molecule has 6 atom stereocenters. The molecule has 3 aliphatic rings. The molecule has 3 saturated heterocycles. The third-order valence-electron chi connectivity index (χ3n) is 9.83. The van der Waals surface area contributed by atoms with Gasteiger partial charge >= 0.3 is 12.1 Å². The van der Waals surface area contributed by atoms with Gasteiger partial charge in [-0.05, 0) is 48.3 Å². The summed E-state index contributed by atoms with van der Waals surface area (Å²) < 4.78 is 38.6. The SMILES string of the molecule is COC(=O)C1(Sc2ccc(C)cc2)C[C@H]2OC(=O)N(C(C)=O)C2[C@H]([C@@H]2OC(C)(C)O[C@@H]2CO[Si](c2ccccc2)(c2ccccc2)C(C)(C)C)O1. The Kier molecular flexibility index (Phi) is 10.3. The molecule has 3 aromatic carbocycles. The van der Waals surface area contributed by atoms with Gasteiger partial charge in [0.1, 0.15) is 30.5 Å². The predicted octanol–water partition coefficient (Wildman–Crippen LogP) is 5.58. The zero-order chi connectivity index (χ0) is 36.8. The molecule has 272 valence electrons. The number of ether oxygens (including phenoxy) is 5. The predicted molar refractivity (Wildman–Crippen MR) is 195 cm³/mol. The van der Waals surface area contributed by atoms with Crippen molar-refractivity contribution in [3.63, 3.8) is 0 Å². The van der Waals surface area contributed by atoms with Crippen molar-refractivity contribution >= 4 is 48.4 Å². The topological polar surface area (TPSA) is 110 Å². The highest BCUT2D eigenvalue weighted by Gasteiger charge is 2.65. The van der Waals surface area contributed by atoms with E-state index in [1.807, 2.05) is 67.6 Å². The number of carbonyl (C=O) groups is 3. The van der Waals surface area contributed by atoms with Crippen molar-refractivity contribution in [3.05, 3.63) is 90.5 Å². The second kappa shape index (κ2) is 14.1. The van der Waals surface area contributed by atoms with Gasteiger partial charge in [0.2, 0.25) is 10.8 Å². The fourth-order valence-corrected chi connectivity index (χ4v) is 13.5. The highest BCUT2D eigenvalue weighted by Crippen LogP contribution is 2.50. The summed E-state index contributed by atoms with van der Waals surface area (Å²) in [7, 11) is -1.72. The summed E-state index contributed by atoms with van der Waals surface area (Å²) in [4.78, 5) is 40.3. The van der Waals surface area contributed by atoms with Gasteiger partial charge in [0, 0.05) is 18.2 Å². The Labute approximate surface area is 305 Å². The van der Waals surface area contributed by atoms with Crippen LogP contribution in [0, 0.1) is 6.92 Å². The number of aryl methyl sites for hydroxylation is 1. The third kappa shape index (κ3) is 7.02. The summed E-state index contributed by atoms with van der Waals surface area (Å²) in [5, 5.41) is 1.89. The molecule has 3 heterocycles. The zero-order valence-electron chi connectivity index (χ0n) is 30.4. The minimum Gasteiger partial charge on any atom is -0.466 e. The smallest absolute Gasteiger partial charge is 0.417 e. The summed E-state index contributed by atoms with van der Waals surface area (Å²) >= 11 is 1.18. The molecule has 0 aliphatic carbocycles. The number of methoxy groups -OCH3 is 1. The first-order valence-corrected chi connectivity index (χ1v) is 20.0. The molecule has 0 bridgehead atoms. The van der Waals surface area contributed by atoms with Crippen molar-refractivity contribution in [2.45, 2.75) is 106 Å². The van der Waals surface area contributed by atoms with Crippen molar-refractivity contribution in [2.24, 2.45) is 0 Å². The van der Waals surface area contributed by atoms with Crippen LogP contribution in [0.4, 0.5) is 4.79 Å². The van der Waals surface area contributed by atoms with Crippen molar-refractivity contribution in [2.75, 3.05) is 13.7 Å². The van der Waals surface area contributed by atoms with Crippen LogP contribution in [0.3, 0.4) is 0 Å². The molecule has 0 spiro atoms. The van der Waals surface area contributed by atoms with E-state index < -0.39 is 67.5 Å². The van der Waals surface area contributed by atoms with E-state index in [-0.39, 0.29) is 18.1 Å². The Bertz CT molecular complexity index is 1690. The Balaban J connectivity index is 1.43. The molecule has 12 heteroatoms. The van der Waals surface area contributed by atoms with Crippen LogP contribution in [-0.2, 0) is 37.7 Å². The van der Waals surface area contributed by atoms with Crippen LogP contribution >= 0.6 is 11.8 Å². The Morgan fingerprint density at radius 1 is 0.902 bits per heavy atom. The minimum absolute atomic E-state index is 0.0465. The van der Waals surface area contributed by atoms with Crippen LogP contribution in [0.15, 0.2) is 89.8 Å². The maximum absolute atomic E-state index is 13.8. The van der Waals surface area contributed by atoms with Crippen LogP contribution in [0.5, 0.6) is 0 Å².